The Kier molecular flexibility index (Phi) is 3.97. The molecule has 2 rings (SSSR count). The molecule has 1 atom stereocenters. The first kappa shape index (κ1) is 13.8. The van der Waals surface area contributed by atoms with E-state index in [0.717, 1.165) is 45.4 Å². The molecule has 104 valence electrons. The molecule has 0 aliphatic carbocycles. The lowest BCUT2D eigenvalue weighted by Gasteiger charge is -2.41. The van der Waals surface area contributed by atoms with Crippen LogP contribution in [0, 0.1) is 5.41 Å². The maximum absolute atomic E-state index is 12.5. The van der Waals surface area contributed by atoms with Crippen molar-refractivity contribution in [1.82, 2.24) is 10.6 Å². The third kappa shape index (κ3) is 3.04. The minimum absolute atomic E-state index is 0.0455. The molecule has 2 heterocycles. The van der Waals surface area contributed by atoms with Gasteiger partial charge in [0.2, 0.25) is 5.91 Å². The van der Waals surface area contributed by atoms with Gasteiger partial charge in [-0.2, -0.15) is 0 Å². The number of carbonyl (C=O) groups excluding carboxylic acids is 1. The summed E-state index contributed by atoms with van der Waals surface area (Å²) in [7, 11) is 0. The van der Waals surface area contributed by atoms with Gasteiger partial charge in [0, 0.05) is 18.8 Å². The molecule has 2 aliphatic rings. The molecule has 0 aromatic rings. The van der Waals surface area contributed by atoms with Crippen LogP contribution in [0.2, 0.25) is 0 Å². The van der Waals surface area contributed by atoms with Gasteiger partial charge in [-0.05, 0) is 44.6 Å². The van der Waals surface area contributed by atoms with Crippen molar-refractivity contribution in [1.29, 1.82) is 0 Å². The monoisotopic (exact) mass is 254 g/mol. The first-order valence-corrected chi connectivity index (χ1v) is 7.06. The molecule has 2 N–H and O–H groups in total. The molecule has 0 bridgehead atoms. The lowest BCUT2D eigenvalue weighted by atomic mass is 9.76. The van der Waals surface area contributed by atoms with Gasteiger partial charge in [0.05, 0.1) is 6.04 Å². The second-order valence-electron chi connectivity index (χ2n) is 6.64. The molecule has 4 heteroatoms. The van der Waals surface area contributed by atoms with Crippen molar-refractivity contribution >= 4 is 5.91 Å². The molecule has 0 aromatic carbocycles. The summed E-state index contributed by atoms with van der Waals surface area (Å²) in [6, 6.07) is -0.0640. The third-order valence-corrected chi connectivity index (χ3v) is 4.41. The molecule has 2 saturated heterocycles. The van der Waals surface area contributed by atoms with Crippen molar-refractivity contribution in [3.8, 4) is 0 Å². The second-order valence-corrected chi connectivity index (χ2v) is 6.64. The molecule has 2 aliphatic heterocycles. The molecule has 1 amide bonds. The fraction of sp³-hybridized carbons (Fsp3) is 0.929. The number of hydrogen-bond acceptors (Lipinski definition) is 3. The van der Waals surface area contributed by atoms with Gasteiger partial charge in [0.1, 0.15) is 0 Å². The number of carbonyl (C=O) groups is 1. The Bertz CT molecular complexity index is 309. The zero-order chi connectivity index (χ0) is 13.2. The van der Waals surface area contributed by atoms with Crippen molar-refractivity contribution in [3.05, 3.63) is 0 Å². The summed E-state index contributed by atoms with van der Waals surface area (Å²) in [4.78, 5) is 12.5. The van der Waals surface area contributed by atoms with Gasteiger partial charge in [0.25, 0.3) is 0 Å². The van der Waals surface area contributed by atoms with Crippen molar-refractivity contribution < 1.29 is 9.53 Å². The quantitative estimate of drug-likeness (QED) is 0.784. The Labute approximate surface area is 110 Å². The lowest BCUT2D eigenvalue weighted by molar-refractivity contribution is -0.129. The van der Waals surface area contributed by atoms with E-state index in [4.69, 9.17) is 4.74 Å². The van der Waals surface area contributed by atoms with E-state index >= 15 is 0 Å². The molecule has 2 fully saturated rings. The molecule has 0 aromatic heterocycles. The number of hydrogen-bond donors (Lipinski definition) is 2. The Hall–Kier alpha value is -0.610. The second kappa shape index (κ2) is 5.17. The molecular formula is C14H26N2O2. The first-order chi connectivity index (χ1) is 8.43. The summed E-state index contributed by atoms with van der Waals surface area (Å²) < 4.78 is 5.37. The Balaban J connectivity index is 1.98. The fourth-order valence-electron chi connectivity index (χ4n) is 2.98. The van der Waals surface area contributed by atoms with Crippen LogP contribution in [0.1, 0.15) is 46.5 Å². The van der Waals surface area contributed by atoms with Gasteiger partial charge in [-0.25, -0.2) is 0 Å². The van der Waals surface area contributed by atoms with Gasteiger partial charge < -0.3 is 15.4 Å². The van der Waals surface area contributed by atoms with E-state index in [-0.39, 0.29) is 22.9 Å². The van der Waals surface area contributed by atoms with E-state index in [2.05, 4.69) is 31.4 Å². The van der Waals surface area contributed by atoms with E-state index in [9.17, 15) is 4.79 Å². The molecule has 18 heavy (non-hydrogen) atoms. The molecule has 4 nitrogen and oxygen atoms in total. The van der Waals surface area contributed by atoms with Crippen LogP contribution in [0.5, 0.6) is 0 Å². The average molecular weight is 254 g/mol. The summed E-state index contributed by atoms with van der Waals surface area (Å²) in [6.45, 7) is 8.92. The average Bonchev–Trinajstić information content (AvgIpc) is 2.28. The van der Waals surface area contributed by atoms with Crippen LogP contribution in [0.4, 0.5) is 0 Å². The largest absolute Gasteiger partial charge is 0.381 e. The van der Waals surface area contributed by atoms with Gasteiger partial charge in [-0.15, -0.1) is 0 Å². The Morgan fingerprint density at radius 1 is 1.22 bits per heavy atom. The minimum Gasteiger partial charge on any atom is -0.381 e. The number of piperidine rings is 1. The van der Waals surface area contributed by atoms with Crippen LogP contribution in [-0.4, -0.2) is 37.2 Å². The maximum atomic E-state index is 12.5. The molecular weight excluding hydrogens is 228 g/mol. The van der Waals surface area contributed by atoms with E-state index in [0.29, 0.717) is 0 Å². The van der Waals surface area contributed by atoms with Crippen LogP contribution in [-0.2, 0) is 9.53 Å². The van der Waals surface area contributed by atoms with E-state index < -0.39 is 0 Å². The molecule has 0 saturated carbocycles. The number of rotatable bonds is 2. The zero-order valence-corrected chi connectivity index (χ0v) is 11.8. The summed E-state index contributed by atoms with van der Waals surface area (Å²) >= 11 is 0. The van der Waals surface area contributed by atoms with Crippen LogP contribution in [0.25, 0.3) is 0 Å². The highest BCUT2D eigenvalue weighted by molar-refractivity contribution is 5.83. The van der Waals surface area contributed by atoms with Crippen LogP contribution < -0.4 is 10.6 Å². The van der Waals surface area contributed by atoms with Gasteiger partial charge >= 0.3 is 0 Å². The predicted octanol–water partition coefficient (Wildman–Crippen LogP) is 1.45. The predicted molar refractivity (Wildman–Crippen MR) is 71.4 cm³/mol. The molecule has 0 spiro atoms. The Morgan fingerprint density at radius 3 is 2.50 bits per heavy atom. The van der Waals surface area contributed by atoms with Crippen molar-refractivity contribution in [3.63, 3.8) is 0 Å². The summed E-state index contributed by atoms with van der Waals surface area (Å²) in [5.41, 5.74) is -0.0472. The van der Waals surface area contributed by atoms with Crippen molar-refractivity contribution in [2.75, 3.05) is 19.8 Å². The lowest BCUT2D eigenvalue weighted by Crippen LogP contribution is -2.60. The summed E-state index contributed by atoms with van der Waals surface area (Å²) in [6.07, 6.45) is 4.08. The standard InChI is InChI=1S/C14H26N2O2/c1-13(2)5-4-8-15-11(13)12(17)16-14(3)6-9-18-10-7-14/h11,15H,4-10H2,1-3H3,(H,16,17). The maximum Gasteiger partial charge on any atom is 0.238 e. The van der Waals surface area contributed by atoms with Crippen LogP contribution in [0.3, 0.4) is 0 Å². The van der Waals surface area contributed by atoms with Gasteiger partial charge in [-0.1, -0.05) is 13.8 Å². The minimum atomic E-state index is -0.0927. The molecule has 1 unspecified atom stereocenters. The number of nitrogens with one attached hydrogen (secondary N) is 2. The van der Waals surface area contributed by atoms with Gasteiger partial charge in [-0.3, -0.25) is 4.79 Å². The number of amides is 1. The van der Waals surface area contributed by atoms with E-state index in [1.807, 2.05) is 0 Å². The highest BCUT2D eigenvalue weighted by Gasteiger charge is 2.39. The van der Waals surface area contributed by atoms with E-state index in [1.54, 1.807) is 0 Å². The van der Waals surface area contributed by atoms with Gasteiger partial charge in [0.15, 0.2) is 0 Å². The first-order valence-electron chi connectivity index (χ1n) is 7.06. The fourth-order valence-corrected chi connectivity index (χ4v) is 2.98. The third-order valence-electron chi connectivity index (χ3n) is 4.41. The van der Waals surface area contributed by atoms with Crippen LogP contribution >= 0.6 is 0 Å². The van der Waals surface area contributed by atoms with Crippen molar-refractivity contribution in [2.24, 2.45) is 5.41 Å². The Morgan fingerprint density at radius 2 is 1.89 bits per heavy atom. The highest BCUT2D eigenvalue weighted by atomic mass is 16.5. The summed E-state index contributed by atoms with van der Waals surface area (Å²) in [5.74, 6) is 0.157. The summed E-state index contributed by atoms with van der Waals surface area (Å²) in [5, 5.41) is 6.61. The molecule has 0 radical (unpaired) electrons. The number of ether oxygens (including phenoxy) is 1. The smallest absolute Gasteiger partial charge is 0.238 e. The van der Waals surface area contributed by atoms with Crippen molar-refractivity contribution in [2.45, 2.75) is 58.0 Å². The topological polar surface area (TPSA) is 50.4 Å². The normalized spacial score (nSPS) is 30.7. The van der Waals surface area contributed by atoms with E-state index in [1.165, 1.54) is 0 Å². The van der Waals surface area contributed by atoms with Crippen LogP contribution in [0.15, 0.2) is 0 Å². The highest BCUT2D eigenvalue weighted by Crippen LogP contribution is 2.31. The zero-order valence-electron chi connectivity index (χ0n) is 11.8. The SMILES string of the molecule is CC1(NC(=O)C2NCCCC2(C)C)CCOCC1.